The molecule has 0 saturated heterocycles. The lowest BCUT2D eigenvalue weighted by atomic mass is 9.73. The average Bonchev–Trinajstić information content (AvgIpc) is 2.18. The first-order valence-corrected chi connectivity index (χ1v) is 6.07. The Morgan fingerprint density at radius 3 is 2.36 bits per heavy atom. The van der Waals surface area contributed by atoms with Crippen LogP contribution in [0.1, 0.15) is 39.5 Å². The summed E-state index contributed by atoms with van der Waals surface area (Å²) < 4.78 is 0. The van der Waals surface area contributed by atoms with Crippen LogP contribution in [0.25, 0.3) is 0 Å². The molecule has 0 amide bonds. The molecule has 1 fully saturated rings. The van der Waals surface area contributed by atoms with Gasteiger partial charge in [0.1, 0.15) is 0 Å². The molecule has 1 saturated carbocycles. The van der Waals surface area contributed by atoms with Gasteiger partial charge in [-0.2, -0.15) is 0 Å². The Morgan fingerprint density at radius 1 is 1.14 bits per heavy atom. The Kier molecular flexibility index (Phi) is 4.90. The van der Waals surface area contributed by atoms with E-state index in [1.807, 2.05) is 0 Å². The van der Waals surface area contributed by atoms with Crippen molar-refractivity contribution >= 4 is 0 Å². The zero-order valence-electron chi connectivity index (χ0n) is 10.1. The van der Waals surface area contributed by atoms with E-state index in [0.29, 0.717) is 0 Å². The molecular formula is C12H26N2. The van der Waals surface area contributed by atoms with Gasteiger partial charge in [-0.25, -0.2) is 0 Å². The van der Waals surface area contributed by atoms with Crippen LogP contribution in [0.15, 0.2) is 0 Å². The van der Waals surface area contributed by atoms with E-state index >= 15 is 0 Å². The van der Waals surface area contributed by atoms with Gasteiger partial charge in [0.15, 0.2) is 0 Å². The molecule has 2 N–H and O–H groups in total. The van der Waals surface area contributed by atoms with Crippen molar-refractivity contribution in [2.24, 2.45) is 11.8 Å². The van der Waals surface area contributed by atoms with Crippen LogP contribution in [0, 0.1) is 11.8 Å². The molecule has 0 aromatic heterocycles. The van der Waals surface area contributed by atoms with Crippen LogP contribution in [-0.2, 0) is 0 Å². The molecule has 1 aliphatic rings. The predicted molar refractivity (Wildman–Crippen MR) is 62.5 cm³/mol. The van der Waals surface area contributed by atoms with Crippen molar-refractivity contribution < 1.29 is 0 Å². The van der Waals surface area contributed by atoms with Gasteiger partial charge in [0.05, 0.1) is 0 Å². The van der Waals surface area contributed by atoms with Crippen molar-refractivity contribution in [3.05, 3.63) is 0 Å². The van der Waals surface area contributed by atoms with Gasteiger partial charge in [0, 0.05) is 12.1 Å². The van der Waals surface area contributed by atoms with E-state index in [1.165, 1.54) is 25.7 Å². The highest BCUT2D eigenvalue weighted by Crippen LogP contribution is 2.32. The van der Waals surface area contributed by atoms with E-state index in [9.17, 15) is 0 Å². The summed E-state index contributed by atoms with van der Waals surface area (Å²) in [5, 5.41) is 6.95. The van der Waals surface area contributed by atoms with Crippen molar-refractivity contribution in [1.82, 2.24) is 10.6 Å². The SMILES string of the molecule is CCCC1CC(NC)C[C@@H](C)C1NC. The maximum Gasteiger partial charge on any atom is 0.0119 e. The highest BCUT2D eigenvalue weighted by molar-refractivity contribution is 4.90. The number of hydrogen-bond donors (Lipinski definition) is 2. The summed E-state index contributed by atoms with van der Waals surface area (Å²) in [5.41, 5.74) is 0. The van der Waals surface area contributed by atoms with E-state index in [-0.39, 0.29) is 0 Å². The summed E-state index contributed by atoms with van der Waals surface area (Å²) in [6, 6.07) is 1.48. The molecule has 1 rings (SSSR count). The lowest BCUT2D eigenvalue weighted by molar-refractivity contribution is 0.162. The Bertz CT molecular complexity index is 158. The summed E-state index contributed by atoms with van der Waals surface area (Å²) in [6.07, 6.45) is 5.35. The molecular weight excluding hydrogens is 172 g/mol. The fourth-order valence-electron chi connectivity index (χ4n) is 3.09. The lowest BCUT2D eigenvalue weighted by Gasteiger charge is -2.40. The summed E-state index contributed by atoms with van der Waals surface area (Å²) in [4.78, 5) is 0. The van der Waals surface area contributed by atoms with Crippen molar-refractivity contribution in [2.45, 2.75) is 51.6 Å². The van der Waals surface area contributed by atoms with Crippen LogP contribution in [-0.4, -0.2) is 26.2 Å². The Balaban J connectivity index is 2.57. The van der Waals surface area contributed by atoms with Gasteiger partial charge in [0.25, 0.3) is 0 Å². The Labute approximate surface area is 88.8 Å². The monoisotopic (exact) mass is 198 g/mol. The molecule has 0 spiro atoms. The van der Waals surface area contributed by atoms with Crippen LogP contribution in [0.4, 0.5) is 0 Å². The van der Waals surface area contributed by atoms with Gasteiger partial charge >= 0.3 is 0 Å². The number of rotatable bonds is 4. The molecule has 4 atom stereocenters. The second-order valence-corrected chi connectivity index (χ2v) is 4.80. The second kappa shape index (κ2) is 5.72. The van der Waals surface area contributed by atoms with Crippen molar-refractivity contribution in [1.29, 1.82) is 0 Å². The summed E-state index contributed by atoms with van der Waals surface area (Å²) >= 11 is 0. The largest absolute Gasteiger partial charge is 0.317 e. The first-order chi connectivity index (χ1) is 6.72. The molecule has 0 aromatic carbocycles. The van der Waals surface area contributed by atoms with Gasteiger partial charge in [0.2, 0.25) is 0 Å². The van der Waals surface area contributed by atoms with E-state index in [0.717, 1.165) is 23.9 Å². The normalized spacial score (nSPS) is 38.6. The minimum absolute atomic E-state index is 0.736. The Hall–Kier alpha value is -0.0800. The van der Waals surface area contributed by atoms with Crippen molar-refractivity contribution in [2.75, 3.05) is 14.1 Å². The quantitative estimate of drug-likeness (QED) is 0.722. The van der Waals surface area contributed by atoms with Gasteiger partial charge in [-0.05, 0) is 45.2 Å². The topological polar surface area (TPSA) is 24.1 Å². The molecule has 0 heterocycles. The highest BCUT2D eigenvalue weighted by Gasteiger charge is 2.33. The van der Waals surface area contributed by atoms with Gasteiger partial charge in [-0.15, -0.1) is 0 Å². The third kappa shape index (κ3) is 2.71. The third-order valence-corrected chi connectivity index (χ3v) is 3.77. The first kappa shape index (κ1) is 12.0. The van der Waals surface area contributed by atoms with Crippen molar-refractivity contribution in [3.63, 3.8) is 0 Å². The van der Waals surface area contributed by atoms with Crippen LogP contribution >= 0.6 is 0 Å². The van der Waals surface area contributed by atoms with Crippen molar-refractivity contribution in [3.8, 4) is 0 Å². The van der Waals surface area contributed by atoms with E-state index in [4.69, 9.17) is 0 Å². The van der Waals surface area contributed by atoms with E-state index in [2.05, 4.69) is 38.6 Å². The second-order valence-electron chi connectivity index (χ2n) is 4.80. The lowest BCUT2D eigenvalue weighted by Crippen LogP contribution is -2.48. The fraction of sp³-hybridized carbons (Fsp3) is 1.00. The highest BCUT2D eigenvalue weighted by atomic mass is 14.9. The molecule has 1 aliphatic carbocycles. The zero-order chi connectivity index (χ0) is 10.6. The van der Waals surface area contributed by atoms with Crippen LogP contribution in [0.3, 0.4) is 0 Å². The maximum atomic E-state index is 3.51. The fourth-order valence-corrected chi connectivity index (χ4v) is 3.09. The third-order valence-electron chi connectivity index (χ3n) is 3.77. The minimum Gasteiger partial charge on any atom is -0.317 e. The maximum absolute atomic E-state index is 3.51. The number of nitrogens with one attached hydrogen (secondary N) is 2. The van der Waals surface area contributed by atoms with Crippen LogP contribution in [0.5, 0.6) is 0 Å². The standard InChI is InChI=1S/C12H26N2/c1-5-6-10-8-11(13-3)7-9(2)12(10)14-4/h9-14H,5-8H2,1-4H3/t9-,10?,11?,12?/m1/s1. The van der Waals surface area contributed by atoms with Crippen LogP contribution < -0.4 is 10.6 Å². The molecule has 0 aliphatic heterocycles. The van der Waals surface area contributed by atoms with E-state index in [1.54, 1.807) is 0 Å². The zero-order valence-corrected chi connectivity index (χ0v) is 10.1. The predicted octanol–water partition coefficient (Wildman–Crippen LogP) is 2.01. The van der Waals surface area contributed by atoms with Gasteiger partial charge in [-0.3, -0.25) is 0 Å². The molecule has 0 aromatic rings. The molecule has 3 unspecified atom stereocenters. The average molecular weight is 198 g/mol. The molecule has 2 nitrogen and oxygen atoms in total. The Morgan fingerprint density at radius 2 is 1.86 bits per heavy atom. The summed E-state index contributed by atoms with van der Waals surface area (Å²) in [5.74, 6) is 1.67. The number of hydrogen-bond acceptors (Lipinski definition) is 2. The van der Waals surface area contributed by atoms with E-state index < -0.39 is 0 Å². The molecule has 2 heteroatoms. The van der Waals surface area contributed by atoms with Crippen LogP contribution in [0.2, 0.25) is 0 Å². The summed E-state index contributed by atoms with van der Waals surface area (Å²) in [6.45, 7) is 4.67. The molecule has 84 valence electrons. The first-order valence-electron chi connectivity index (χ1n) is 6.07. The smallest absolute Gasteiger partial charge is 0.0119 e. The minimum atomic E-state index is 0.736. The molecule has 0 bridgehead atoms. The summed E-state index contributed by atoms with van der Waals surface area (Å²) in [7, 11) is 4.21. The van der Waals surface area contributed by atoms with Gasteiger partial charge in [-0.1, -0.05) is 20.3 Å². The molecule has 14 heavy (non-hydrogen) atoms. The molecule has 0 radical (unpaired) electrons. The van der Waals surface area contributed by atoms with Gasteiger partial charge < -0.3 is 10.6 Å².